The van der Waals surface area contributed by atoms with Crippen LogP contribution in [-0.4, -0.2) is 17.1 Å². The van der Waals surface area contributed by atoms with Crippen LogP contribution in [0.5, 0.6) is 5.75 Å². The highest BCUT2D eigenvalue weighted by Gasteiger charge is 2.21. The van der Waals surface area contributed by atoms with E-state index in [-0.39, 0.29) is 5.91 Å². The first kappa shape index (κ1) is 21.4. The van der Waals surface area contributed by atoms with Gasteiger partial charge in [-0.3, -0.25) is 4.79 Å². The van der Waals surface area contributed by atoms with Crippen molar-refractivity contribution in [3.05, 3.63) is 101 Å². The molecule has 4 rings (SSSR count). The Kier molecular flexibility index (Phi) is 6.13. The van der Waals surface area contributed by atoms with Crippen LogP contribution < -0.4 is 10.1 Å². The third kappa shape index (κ3) is 4.17. The van der Waals surface area contributed by atoms with Crippen LogP contribution in [0.4, 0.5) is 5.69 Å². The van der Waals surface area contributed by atoms with Crippen LogP contribution in [0.25, 0.3) is 16.9 Å². The molecule has 0 fully saturated rings. The molecule has 1 N–H and O–H groups in total. The number of amides is 1. The van der Waals surface area contributed by atoms with Crippen molar-refractivity contribution < 1.29 is 9.53 Å². The molecule has 0 aliphatic rings. The van der Waals surface area contributed by atoms with Gasteiger partial charge in [-0.05, 0) is 74.7 Å². The van der Waals surface area contributed by atoms with E-state index in [2.05, 4.69) is 28.9 Å². The van der Waals surface area contributed by atoms with Gasteiger partial charge in [0.25, 0.3) is 5.91 Å². The van der Waals surface area contributed by atoms with E-state index in [9.17, 15) is 4.79 Å². The lowest BCUT2D eigenvalue weighted by atomic mass is 10.1. The third-order valence-corrected chi connectivity index (χ3v) is 5.73. The maximum atomic E-state index is 13.3. The fraction of sp³-hybridized carbons (Fsp3) is 0.179. The lowest BCUT2D eigenvalue weighted by molar-refractivity contribution is 0.102. The van der Waals surface area contributed by atoms with Crippen molar-refractivity contribution in [2.24, 2.45) is 0 Å². The van der Waals surface area contributed by atoms with Crippen molar-refractivity contribution in [3.63, 3.8) is 0 Å². The van der Waals surface area contributed by atoms with Crippen molar-refractivity contribution in [2.45, 2.75) is 27.7 Å². The zero-order valence-corrected chi connectivity index (χ0v) is 19.0. The minimum atomic E-state index is -0.129. The molecule has 4 heteroatoms. The summed E-state index contributed by atoms with van der Waals surface area (Å²) in [6.45, 7) is 8.63. The standard InChI is InChI=1S/C28H28N2O2/c1-5-32-27-14-10-9-13-25(27)30-21(4)24(18-26(30)22-11-7-6-8-12-22)28(31)29-23-16-15-19(2)20(3)17-23/h6-18H,5H2,1-4H3,(H,29,31). The Bertz CT molecular complexity index is 1260. The molecule has 0 saturated heterocycles. The smallest absolute Gasteiger partial charge is 0.257 e. The Morgan fingerprint density at radius 3 is 2.31 bits per heavy atom. The Hall–Kier alpha value is -3.79. The van der Waals surface area contributed by atoms with Crippen molar-refractivity contribution in [1.82, 2.24) is 4.57 Å². The summed E-state index contributed by atoms with van der Waals surface area (Å²) in [5.74, 6) is 0.655. The number of ether oxygens (including phenoxy) is 1. The maximum absolute atomic E-state index is 13.3. The molecule has 0 aliphatic heterocycles. The number of rotatable bonds is 6. The van der Waals surface area contributed by atoms with Crippen LogP contribution in [0.3, 0.4) is 0 Å². The number of carbonyl (C=O) groups is 1. The molecule has 4 nitrogen and oxygen atoms in total. The van der Waals surface area contributed by atoms with E-state index in [4.69, 9.17) is 4.74 Å². The minimum Gasteiger partial charge on any atom is -0.492 e. The molecule has 0 saturated carbocycles. The highest BCUT2D eigenvalue weighted by Crippen LogP contribution is 2.34. The molecule has 0 bridgehead atoms. The van der Waals surface area contributed by atoms with Gasteiger partial charge in [0.15, 0.2) is 0 Å². The number of anilines is 1. The molecule has 0 spiro atoms. The van der Waals surface area contributed by atoms with E-state index in [1.807, 2.05) is 87.5 Å². The number of nitrogens with one attached hydrogen (secondary N) is 1. The normalized spacial score (nSPS) is 10.8. The first-order chi connectivity index (χ1) is 15.5. The molecule has 0 unspecified atom stereocenters. The number of nitrogens with zero attached hydrogens (tertiary/aromatic N) is 1. The van der Waals surface area contributed by atoms with Gasteiger partial charge in [-0.2, -0.15) is 0 Å². The van der Waals surface area contributed by atoms with E-state index >= 15 is 0 Å². The van der Waals surface area contributed by atoms with E-state index in [1.54, 1.807) is 0 Å². The second kappa shape index (κ2) is 9.15. The molecular formula is C28H28N2O2. The van der Waals surface area contributed by atoms with Gasteiger partial charge in [0.05, 0.1) is 23.6 Å². The number of para-hydroxylation sites is 2. The molecule has 162 valence electrons. The van der Waals surface area contributed by atoms with Crippen molar-refractivity contribution in [2.75, 3.05) is 11.9 Å². The molecule has 32 heavy (non-hydrogen) atoms. The molecule has 1 aromatic heterocycles. The molecule has 1 amide bonds. The van der Waals surface area contributed by atoms with E-state index in [1.165, 1.54) is 5.56 Å². The van der Waals surface area contributed by atoms with Gasteiger partial charge in [0.2, 0.25) is 0 Å². The summed E-state index contributed by atoms with van der Waals surface area (Å²) in [5, 5.41) is 3.07. The summed E-state index contributed by atoms with van der Waals surface area (Å²) < 4.78 is 8.01. The first-order valence-corrected chi connectivity index (χ1v) is 10.9. The predicted molar refractivity (Wildman–Crippen MR) is 131 cm³/mol. The second-order valence-electron chi connectivity index (χ2n) is 7.88. The number of aryl methyl sites for hydroxylation is 2. The van der Waals surface area contributed by atoms with Gasteiger partial charge in [-0.15, -0.1) is 0 Å². The highest BCUT2D eigenvalue weighted by molar-refractivity contribution is 6.06. The van der Waals surface area contributed by atoms with Crippen LogP contribution in [0.2, 0.25) is 0 Å². The Morgan fingerprint density at radius 2 is 1.59 bits per heavy atom. The van der Waals surface area contributed by atoms with Crippen molar-refractivity contribution >= 4 is 11.6 Å². The lowest BCUT2D eigenvalue weighted by Crippen LogP contribution is -2.13. The Morgan fingerprint density at radius 1 is 0.875 bits per heavy atom. The summed E-state index contributed by atoms with van der Waals surface area (Å²) in [7, 11) is 0. The van der Waals surface area contributed by atoms with Crippen LogP contribution in [0.15, 0.2) is 78.9 Å². The molecule has 4 aromatic rings. The van der Waals surface area contributed by atoms with Gasteiger partial charge in [0, 0.05) is 11.4 Å². The largest absolute Gasteiger partial charge is 0.492 e. The monoisotopic (exact) mass is 424 g/mol. The van der Waals surface area contributed by atoms with Gasteiger partial charge < -0.3 is 14.6 Å². The summed E-state index contributed by atoms with van der Waals surface area (Å²) >= 11 is 0. The number of carbonyl (C=O) groups excluding carboxylic acids is 1. The first-order valence-electron chi connectivity index (χ1n) is 10.9. The van der Waals surface area contributed by atoms with Gasteiger partial charge in [-0.1, -0.05) is 48.5 Å². The zero-order chi connectivity index (χ0) is 22.7. The van der Waals surface area contributed by atoms with Crippen LogP contribution in [-0.2, 0) is 0 Å². The molecule has 0 atom stereocenters. The summed E-state index contributed by atoms with van der Waals surface area (Å²) in [6, 6.07) is 26.0. The number of hydrogen-bond donors (Lipinski definition) is 1. The van der Waals surface area contributed by atoms with E-state index < -0.39 is 0 Å². The zero-order valence-electron chi connectivity index (χ0n) is 19.0. The molecule has 0 radical (unpaired) electrons. The molecular weight excluding hydrogens is 396 g/mol. The Labute approximate surface area is 189 Å². The highest BCUT2D eigenvalue weighted by atomic mass is 16.5. The number of hydrogen-bond acceptors (Lipinski definition) is 2. The SMILES string of the molecule is CCOc1ccccc1-n1c(-c2ccccc2)cc(C(=O)Nc2ccc(C)c(C)c2)c1C. The van der Waals surface area contributed by atoms with Gasteiger partial charge in [0.1, 0.15) is 5.75 Å². The van der Waals surface area contributed by atoms with Gasteiger partial charge in [-0.25, -0.2) is 0 Å². The maximum Gasteiger partial charge on any atom is 0.257 e. The Balaban J connectivity index is 1.83. The van der Waals surface area contributed by atoms with Crippen molar-refractivity contribution in [3.8, 4) is 22.7 Å². The van der Waals surface area contributed by atoms with Gasteiger partial charge >= 0.3 is 0 Å². The molecule has 1 heterocycles. The number of aromatic nitrogens is 1. The fourth-order valence-corrected chi connectivity index (χ4v) is 3.91. The average molecular weight is 425 g/mol. The van der Waals surface area contributed by atoms with Crippen LogP contribution in [0.1, 0.15) is 34.1 Å². The topological polar surface area (TPSA) is 43.3 Å². The summed E-state index contributed by atoms with van der Waals surface area (Å²) in [6.07, 6.45) is 0. The van der Waals surface area contributed by atoms with Crippen LogP contribution in [0, 0.1) is 20.8 Å². The lowest BCUT2D eigenvalue weighted by Gasteiger charge is -2.16. The van der Waals surface area contributed by atoms with Crippen LogP contribution >= 0.6 is 0 Å². The summed E-state index contributed by atoms with van der Waals surface area (Å²) in [5.41, 5.74) is 7.52. The molecule has 0 aliphatic carbocycles. The van der Waals surface area contributed by atoms with E-state index in [0.717, 1.165) is 39.6 Å². The molecule has 3 aromatic carbocycles. The quantitative estimate of drug-likeness (QED) is 0.373. The third-order valence-electron chi connectivity index (χ3n) is 5.73. The van der Waals surface area contributed by atoms with Crippen molar-refractivity contribution in [1.29, 1.82) is 0 Å². The van der Waals surface area contributed by atoms with E-state index in [0.29, 0.717) is 12.2 Å². The fourth-order valence-electron chi connectivity index (χ4n) is 3.91. The average Bonchev–Trinajstić information content (AvgIpc) is 3.14. The predicted octanol–water partition coefficient (Wildman–Crippen LogP) is 6.72. The second-order valence-corrected chi connectivity index (χ2v) is 7.88. The summed E-state index contributed by atoms with van der Waals surface area (Å²) in [4.78, 5) is 13.3. The minimum absolute atomic E-state index is 0.129. The number of benzene rings is 3.